The lowest BCUT2D eigenvalue weighted by Gasteiger charge is -2.23. The number of anilines is 1. The minimum Gasteiger partial charge on any atom is -0.378 e. The van der Waals surface area contributed by atoms with Crippen LogP contribution < -0.4 is 5.32 Å². The highest BCUT2D eigenvalue weighted by molar-refractivity contribution is 5.96. The molecule has 2 aliphatic rings. The number of nitrogens with one attached hydrogen (secondary N) is 1. The molecule has 2 fully saturated rings. The van der Waals surface area contributed by atoms with Gasteiger partial charge in [-0.05, 0) is 12.8 Å². The molecular formula is C14H22N4O3. The predicted octanol–water partition coefficient (Wildman–Crippen LogP) is 1.53. The first-order valence-corrected chi connectivity index (χ1v) is 7.59. The molecular weight excluding hydrogens is 272 g/mol. The topological polar surface area (TPSA) is 78.3 Å². The van der Waals surface area contributed by atoms with Crippen molar-refractivity contribution in [3.8, 4) is 0 Å². The molecule has 1 amide bonds. The molecule has 2 heterocycles. The van der Waals surface area contributed by atoms with Crippen LogP contribution in [0.2, 0.25) is 0 Å². The molecule has 0 spiro atoms. The van der Waals surface area contributed by atoms with Crippen molar-refractivity contribution in [1.82, 2.24) is 14.8 Å². The van der Waals surface area contributed by atoms with Crippen LogP contribution in [0.5, 0.6) is 0 Å². The number of carbonyl (C=O) groups is 1. The third-order valence-corrected chi connectivity index (χ3v) is 4.47. The molecule has 1 unspecified atom stereocenters. The molecule has 1 N–H and O–H groups in total. The minimum atomic E-state index is -0.906. The first-order valence-electron chi connectivity index (χ1n) is 7.59. The maximum atomic E-state index is 12.3. The third kappa shape index (κ3) is 2.94. The van der Waals surface area contributed by atoms with Crippen LogP contribution in [0, 0.1) is 0 Å². The highest BCUT2D eigenvalue weighted by atomic mass is 16.6. The standard InChI is InChI=1S/C14H22N4O3/c1-20-14(7-8-21-9-14)12(19)16-13-15-10-18(17-13)11-5-3-2-4-6-11/h10-11H,2-9H2,1H3,(H,16,17,19). The maximum Gasteiger partial charge on any atom is 0.261 e. The lowest BCUT2D eigenvalue weighted by atomic mass is 9.96. The molecule has 7 nitrogen and oxygen atoms in total. The van der Waals surface area contributed by atoms with Crippen molar-refractivity contribution in [2.45, 2.75) is 50.2 Å². The van der Waals surface area contributed by atoms with Crippen LogP contribution in [0.1, 0.15) is 44.6 Å². The second-order valence-electron chi connectivity index (χ2n) is 5.80. The minimum absolute atomic E-state index is 0.233. The quantitative estimate of drug-likeness (QED) is 0.911. The average molecular weight is 294 g/mol. The number of aromatic nitrogens is 3. The van der Waals surface area contributed by atoms with E-state index in [-0.39, 0.29) is 12.5 Å². The Hall–Kier alpha value is -1.47. The second kappa shape index (κ2) is 6.11. The Morgan fingerprint density at radius 1 is 1.48 bits per heavy atom. The van der Waals surface area contributed by atoms with Crippen molar-refractivity contribution in [2.24, 2.45) is 0 Å². The lowest BCUT2D eigenvalue weighted by molar-refractivity contribution is -0.137. The van der Waals surface area contributed by atoms with Crippen molar-refractivity contribution in [3.63, 3.8) is 0 Å². The van der Waals surface area contributed by atoms with Gasteiger partial charge in [-0.25, -0.2) is 9.67 Å². The number of hydrogen-bond acceptors (Lipinski definition) is 5. The van der Waals surface area contributed by atoms with E-state index in [0.717, 1.165) is 12.8 Å². The van der Waals surface area contributed by atoms with Gasteiger partial charge in [-0.1, -0.05) is 19.3 Å². The Kier molecular flexibility index (Phi) is 4.21. The van der Waals surface area contributed by atoms with Crippen LogP contribution in [0.25, 0.3) is 0 Å². The summed E-state index contributed by atoms with van der Waals surface area (Å²) in [6, 6.07) is 0.406. The summed E-state index contributed by atoms with van der Waals surface area (Å²) in [5.41, 5.74) is -0.906. The van der Waals surface area contributed by atoms with Crippen LogP contribution >= 0.6 is 0 Å². The molecule has 1 aliphatic heterocycles. The molecule has 21 heavy (non-hydrogen) atoms. The van der Waals surface area contributed by atoms with Crippen LogP contribution in [0.15, 0.2) is 6.33 Å². The molecule has 1 saturated carbocycles. The van der Waals surface area contributed by atoms with E-state index >= 15 is 0 Å². The van der Waals surface area contributed by atoms with Gasteiger partial charge in [0.05, 0.1) is 19.3 Å². The van der Waals surface area contributed by atoms with Gasteiger partial charge in [-0.15, -0.1) is 5.10 Å². The summed E-state index contributed by atoms with van der Waals surface area (Å²) in [7, 11) is 1.53. The number of nitrogens with zero attached hydrogens (tertiary/aromatic N) is 3. The fraction of sp³-hybridized carbons (Fsp3) is 0.786. The Morgan fingerprint density at radius 3 is 2.95 bits per heavy atom. The summed E-state index contributed by atoms with van der Waals surface area (Å²) in [6.45, 7) is 0.809. The largest absolute Gasteiger partial charge is 0.378 e. The highest BCUT2D eigenvalue weighted by Gasteiger charge is 2.43. The van der Waals surface area contributed by atoms with Crippen LogP contribution in [-0.4, -0.2) is 46.6 Å². The van der Waals surface area contributed by atoms with Gasteiger partial charge < -0.3 is 9.47 Å². The van der Waals surface area contributed by atoms with Crippen LogP contribution in [0.4, 0.5) is 5.95 Å². The van der Waals surface area contributed by atoms with E-state index in [2.05, 4.69) is 15.4 Å². The monoisotopic (exact) mass is 294 g/mol. The summed E-state index contributed by atoms with van der Waals surface area (Å²) in [5.74, 6) is 0.109. The Bertz CT molecular complexity index is 490. The number of methoxy groups -OCH3 is 1. The third-order valence-electron chi connectivity index (χ3n) is 4.47. The second-order valence-corrected chi connectivity index (χ2v) is 5.80. The Labute approximate surface area is 124 Å². The SMILES string of the molecule is COC1(C(=O)Nc2ncn(C3CCCCC3)n2)CCOC1. The fourth-order valence-electron chi connectivity index (χ4n) is 3.05. The number of ether oxygens (including phenoxy) is 2. The van der Waals surface area contributed by atoms with Gasteiger partial charge in [0, 0.05) is 13.5 Å². The number of rotatable bonds is 4. The van der Waals surface area contributed by atoms with E-state index in [1.165, 1.54) is 26.4 Å². The molecule has 3 rings (SSSR count). The van der Waals surface area contributed by atoms with E-state index in [1.807, 2.05) is 4.68 Å². The van der Waals surface area contributed by atoms with Gasteiger partial charge in [0.1, 0.15) is 6.33 Å². The summed E-state index contributed by atoms with van der Waals surface area (Å²) < 4.78 is 12.5. The van der Waals surface area contributed by atoms with E-state index in [1.54, 1.807) is 6.33 Å². The normalized spacial score (nSPS) is 26.9. The van der Waals surface area contributed by atoms with Gasteiger partial charge in [0.15, 0.2) is 5.60 Å². The molecule has 0 aromatic carbocycles. The molecule has 116 valence electrons. The van der Waals surface area contributed by atoms with Gasteiger partial charge in [0.25, 0.3) is 5.91 Å². The summed E-state index contributed by atoms with van der Waals surface area (Å²) >= 11 is 0. The van der Waals surface area contributed by atoms with E-state index < -0.39 is 5.60 Å². The fourth-order valence-corrected chi connectivity index (χ4v) is 3.05. The zero-order valence-corrected chi connectivity index (χ0v) is 12.4. The summed E-state index contributed by atoms with van der Waals surface area (Å²) in [6.07, 6.45) is 8.28. The first-order chi connectivity index (χ1) is 10.2. The van der Waals surface area contributed by atoms with Gasteiger partial charge in [-0.3, -0.25) is 10.1 Å². The molecule has 1 aliphatic carbocycles. The maximum absolute atomic E-state index is 12.3. The van der Waals surface area contributed by atoms with Gasteiger partial charge in [-0.2, -0.15) is 0 Å². The van der Waals surface area contributed by atoms with Gasteiger partial charge >= 0.3 is 0 Å². The highest BCUT2D eigenvalue weighted by Crippen LogP contribution is 2.28. The van der Waals surface area contributed by atoms with Crippen molar-refractivity contribution < 1.29 is 14.3 Å². The molecule has 1 aromatic heterocycles. The van der Waals surface area contributed by atoms with Crippen LogP contribution in [-0.2, 0) is 14.3 Å². The number of carbonyl (C=O) groups excluding carboxylic acids is 1. The summed E-state index contributed by atoms with van der Waals surface area (Å²) in [4.78, 5) is 16.5. The van der Waals surface area contributed by atoms with Crippen molar-refractivity contribution in [3.05, 3.63) is 6.33 Å². The molecule has 0 bridgehead atoms. The van der Waals surface area contributed by atoms with E-state index in [9.17, 15) is 4.79 Å². The van der Waals surface area contributed by atoms with Crippen LogP contribution in [0.3, 0.4) is 0 Å². The van der Waals surface area contributed by atoms with Gasteiger partial charge in [0.2, 0.25) is 5.95 Å². The zero-order valence-electron chi connectivity index (χ0n) is 12.4. The summed E-state index contributed by atoms with van der Waals surface area (Å²) in [5, 5.41) is 7.14. The zero-order chi connectivity index (χ0) is 14.7. The van der Waals surface area contributed by atoms with Crippen molar-refractivity contribution >= 4 is 11.9 Å². The number of hydrogen-bond donors (Lipinski definition) is 1. The molecule has 7 heteroatoms. The molecule has 1 aromatic rings. The average Bonchev–Trinajstić information content (AvgIpc) is 3.18. The Morgan fingerprint density at radius 2 is 2.29 bits per heavy atom. The first kappa shape index (κ1) is 14.5. The smallest absolute Gasteiger partial charge is 0.261 e. The van der Waals surface area contributed by atoms with E-state index in [4.69, 9.17) is 9.47 Å². The van der Waals surface area contributed by atoms with Crippen molar-refractivity contribution in [1.29, 1.82) is 0 Å². The predicted molar refractivity (Wildman–Crippen MR) is 75.9 cm³/mol. The molecule has 1 saturated heterocycles. The lowest BCUT2D eigenvalue weighted by Crippen LogP contribution is -2.45. The number of amides is 1. The molecule has 0 radical (unpaired) electrons. The molecule has 1 atom stereocenters. The van der Waals surface area contributed by atoms with Crippen molar-refractivity contribution in [2.75, 3.05) is 25.6 Å². The van der Waals surface area contributed by atoms with E-state index in [0.29, 0.717) is 25.0 Å². The Balaban J connectivity index is 1.65.